The SMILES string of the molecule is C.C.C.CC(C)(C)OC(=O)N[C@H](Cc1c[nH]c2ccc(Br)cc12)C(=O)O.CN(C)C(=O)[C@@H](Cc1c[nH]c2ccc(Br)cc12)NC(=O)OC(C)(C)C.CN(C)C(=O)[C@H](N)Cc1c[nH]c2ccc(Br)cc12.CN(C)C(=O)[C@H]1Cc2c([nH]c3ccc(Br)cc23)[C@H](c2ccc(C(=O)OC(C)(C)C)cc2)N1.CN(C)C(=O)[C@H]1Cc2c([nH]c3ccc(Br)cc23)[C@H](c2ccc(C(=O)OC(C)(C)C)cc2)N1C(=O)CCl.CNC.Cl.O=CC(F)(F)F.[2H]CC. The van der Waals surface area contributed by atoms with Crippen LogP contribution >= 0.6 is 104 Å². The van der Waals surface area contributed by atoms with Gasteiger partial charge in [-0.1, -0.05) is 140 Å². The van der Waals surface area contributed by atoms with Crippen molar-refractivity contribution in [2.75, 3.05) is 76.4 Å². The summed E-state index contributed by atoms with van der Waals surface area (Å²) in [5, 5.41) is 25.9. The van der Waals surface area contributed by atoms with Crippen molar-refractivity contribution >= 4 is 224 Å². The van der Waals surface area contributed by atoms with E-state index in [-0.39, 0.29) is 94.6 Å². The number of H-pyrrole nitrogens is 5. The van der Waals surface area contributed by atoms with E-state index in [9.17, 15) is 66.2 Å². The van der Waals surface area contributed by atoms with E-state index in [0.29, 0.717) is 43.7 Å². The van der Waals surface area contributed by atoms with Crippen LogP contribution in [0.2, 0.25) is 0 Å². The van der Waals surface area contributed by atoms with Gasteiger partial charge in [-0.2, -0.15) is 13.2 Å². The molecule has 2 aliphatic heterocycles. The molecular weight excluding hydrogens is 2290 g/mol. The molecule has 149 heavy (non-hydrogen) atoms. The molecule has 816 valence electrons. The highest BCUT2D eigenvalue weighted by Gasteiger charge is 2.45. The zero-order valence-electron chi connectivity index (χ0n) is 86.8. The second kappa shape index (κ2) is 57.9. The van der Waals surface area contributed by atoms with Crippen molar-refractivity contribution in [2.24, 2.45) is 5.73 Å². The Hall–Kier alpha value is -11.1. The minimum Gasteiger partial charge on any atom is -0.480 e. The molecule has 14 rings (SSSR count). The molecule has 31 nitrogen and oxygen atoms in total. The Labute approximate surface area is 925 Å². The largest absolute Gasteiger partial charge is 0.480 e. The van der Waals surface area contributed by atoms with E-state index < -0.39 is 89.2 Å². The van der Waals surface area contributed by atoms with Crippen LogP contribution in [0.5, 0.6) is 0 Å². The van der Waals surface area contributed by atoms with Crippen molar-refractivity contribution in [1.29, 1.82) is 0 Å². The molecule has 0 bridgehead atoms. The number of alkyl halides is 4. The summed E-state index contributed by atoms with van der Waals surface area (Å²) in [5.41, 5.74) is 17.8. The van der Waals surface area contributed by atoms with Gasteiger partial charge in [0, 0.05) is 184 Å². The van der Waals surface area contributed by atoms with Crippen molar-refractivity contribution < 1.29 is 91.3 Å². The third-order valence-corrected chi connectivity index (χ3v) is 24.2. The van der Waals surface area contributed by atoms with Gasteiger partial charge in [0.05, 0.1) is 35.3 Å². The number of esters is 2. The predicted octanol–water partition coefficient (Wildman–Crippen LogP) is 22.4. The lowest BCUT2D eigenvalue weighted by molar-refractivity contribution is -0.156. The number of carboxylic acid groups (broad SMARTS) is 1. The minimum atomic E-state index is -4.64. The van der Waals surface area contributed by atoms with Crippen LogP contribution in [0.15, 0.2) is 180 Å². The van der Waals surface area contributed by atoms with Gasteiger partial charge in [-0.3, -0.25) is 34.1 Å². The number of aromatic nitrogens is 5. The topological polar surface area (TPSA) is 414 Å². The number of halogens is 10. The molecule has 5 aromatic heterocycles. The molecule has 0 aliphatic carbocycles. The number of aliphatic carboxylic acids is 1. The number of hydrogen-bond acceptors (Lipinski definition) is 18. The lowest BCUT2D eigenvalue weighted by Gasteiger charge is -2.42. The molecule has 0 unspecified atom stereocenters. The maximum absolute atomic E-state index is 13.3. The standard InChI is InChI=1S/C27H29BrClN3O4.C25H28BrN3O3.C18H24BrN3O3.C16H19BrN2O4.C13H16BrN3O.C2HF3O.C2H7N.C2H6.3CH4.ClH/c1-27(2,3)36-26(35)16-8-6-15(7-9-16)24-23-19(18-12-17(28)10-11-20(18)30-23)13-21(25(34)31(4)5)32(24)22(33)14-29;1-25(2,3)32-24(31)15-8-6-14(7-9-15)21-22-18(13-20(28-21)23(30)29(4)5)17-12-16(26)10-11-19(17)27-22;1-18(2,3)25-17(24)21-15(16(23)22(4)5)8-11-10-20-14-7-6-12(19)9-13(11)14;1-16(2,3)23-15(22)19-13(14(20)21)6-9-8-18-12-5-4-10(17)7-11(9)12;1-17(2)13(18)11(15)5-8-7-16-12-4-3-9(14)6-10(8)12;3-2(4,5)1-6;1-3-2;1-2;;;;/h6-12,21,24,30H,13-14H2,1-5H3;6-12,20-21,27-28H,13H2,1-5H3;6-7,9-10,15,20H,8H2,1-5H3,(H,21,24);4-5,7-8,13,18H,6H2,1-3H3,(H,19,22)(H,20,21);3-4,6-7,11,16H,5,15H2,1-2H3;1H;3H,1-2H3;1-2H3;3*1H4;1H/t21-,24+;20-,21+;15-;13-;11-;;;;;;;/m11111......./s1/i;;;;;;;1D;;;;. The van der Waals surface area contributed by atoms with E-state index in [0.717, 1.165) is 127 Å². The summed E-state index contributed by atoms with van der Waals surface area (Å²) in [7, 11) is 17.4. The van der Waals surface area contributed by atoms with Crippen LogP contribution in [0.1, 0.15) is 204 Å². The highest BCUT2D eigenvalue weighted by Crippen LogP contribution is 2.44. The van der Waals surface area contributed by atoms with E-state index >= 15 is 0 Å². The van der Waals surface area contributed by atoms with Gasteiger partial charge < -0.3 is 95.2 Å². The van der Waals surface area contributed by atoms with E-state index in [1.54, 1.807) is 157 Å². The molecule has 41 heteroatoms. The second-order valence-corrected chi connectivity index (χ2v) is 43.5. The average Bonchev–Trinajstić information content (AvgIpc) is 1.55. The Morgan fingerprint density at radius 2 is 0.826 bits per heavy atom. The number of aldehydes is 1. The Balaban J connectivity index is 0.000000472. The number of nitrogens with two attached hydrogens (primary N) is 1. The number of alkyl carbamates (subject to hydrolysis) is 2. The molecule has 0 radical (unpaired) electrons. The highest BCUT2D eigenvalue weighted by molar-refractivity contribution is 9.11. The first kappa shape index (κ1) is 130. The molecule has 7 heterocycles. The van der Waals surface area contributed by atoms with E-state index in [1.165, 1.54) is 14.7 Å². The number of likely N-dealkylation sites (N-methyl/N-ethyl adjacent to an activating group) is 4. The van der Waals surface area contributed by atoms with Crippen molar-refractivity contribution in [3.63, 3.8) is 0 Å². The van der Waals surface area contributed by atoms with Crippen LogP contribution in [-0.4, -0.2) is 256 Å². The van der Waals surface area contributed by atoms with E-state index in [1.807, 2.05) is 165 Å². The first-order valence-corrected chi connectivity index (χ1v) is 50.4. The Morgan fingerprint density at radius 1 is 0.497 bits per heavy atom. The van der Waals surface area contributed by atoms with Gasteiger partial charge in [0.15, 0.2) is 0 Å². The molecule has 7 atom stereocenters. The number of carbonyl (C=O) groups excluding carboxylic acids is 10. The van der Waals surface area contributed by atoms with Crippen LogP contribution in [0.3, 0.4) is 0 Å². The third kappa shape index (κ3) is 38.6. The summed E-state index contributed by atoms with van der Waals surface area (Å²) < 4.78 is 63.6. The lowest BCUT2D eigenvalue weighted by Crippen LogP contribution is -2.54. The fourth-order valence-corrected chi connectivity index (χ4v) is 17.4. The maximum Gasteiger partial charge on any atom is 0.446 e. The van der Waals surface area contributed by atoms with Crippen LogP contribution < -0.4 is 27.0 Å². The first-order valence-electron chi connectivity index (χ1n) is 46.6. The Morgan fingerprint density at radius 3 is 1.17 bits per heavy atom. The monoisotopic (exact) mass is 2430 g/mol. The molecule has 7 aromatic carbocycles. The Kier molecular flexibility index (Phi) is 50.6. The van der Waals surface area contributed by atoms with Crippen molar-refractivity contribution in [2.45, 2.75) is 222 Å². The molecule has 2 aliphatic rings. The number of carbonyl (C=O) groups is 11. The number of ether oxygens (including phenoxy) is 4. The van der Waals surface area contributed by atoms with Crippen LogP contribution in [0.4, 0.5) is 22.8 Å². The van der Waals surface area contributed by atoms with E-state index in [2.05, 4.69) is 132 Å². The zero-order chi connectivity index (χ0) is 109. The number of fused-ring (bicyclic) bond motifs is 9. The molecule has 0 spiro atoms. The van der Waals surface area contributed by atoms with Crippen molar-refractivity contribution in [3.05, 3.63) is 242 Å². The summed E-state index contributed by atoms with van der Waals surface area (Å²) >= 11 is 23.5. The van der Waals surface area contributed by atoms with Gasteiger partial charge in [0.1, 0.15) is 46.4 Å². The summed E-state index contributed by atoms with van der Waals surface area (Å²) in [6.07, 6.45) is 0.513. The quantitative estimate of drug-likeness (QED) is 0.0164. The van der Waals surface area contributed by atoms with Crippen molar-refractivity contribution in [3.8, 4) is 0 Å². The smallest absolute Gasteiger partial charge is 0.446 e. The van der Waals surface area contributed by atoms with Crippen LogP contribution in [0, 0.1) is 0 Å². The minimum absolute atomic E-state index is 0. The number of amides is 7. The summed E-state index contributed by atoms with van der Waals surface area (Å²) in [5.74, 6) is -2.88. The second-order valence-electron chi connectivity index (χ2n) is 38.6. The summed E-state index contributed by atoms with van der Waals surface area (Å²) in [6, 6.07) is 39.9. The molecule has 0 fully saturated rings. The first-order chi connectivity index (χ1) is 68.0. The maximum atomic E-state index is 13.3. The third-order valence-electron chi connectivity index (χ3n) is 21.5. The lowest BCUT2D eigenvalue weighted by atomic mass is 9.87. The molecule has 0 saturated heterocycles. The molecule has 12 aromatic rings. The zero-order valence-corrected chi connectivity index (χ0v) is 95.3. The summed E-state index contributed by atoms with van der Waals surface area (Å²) in [4.78, 5) is 157. The van der Waals surface area contributed by atoms with Crippen LogP contribution in [-0.2, 0) is 84.6 Å². The average molecular weight is 2440 g/mol. The number of benzene rings is 7. The summed E-state index contributed by atoms with van der Waals surface area (Å²) in [6.45, 7) is 23.8. The van der Waals surface area contributed by atoms with Gasteiger partial charge >= 0.3 is 36.3 Å². The van der Waals surface area contributed by atoms with Gasteiger partial charge in [-0.15, -0.1) is 24.0 Å². The van der Waals surface area contributed by atoms with Gasteiger partial charge in [0.2, 0.25) is 35.8 Å². The molecule has 7 amide bonds. The number of nitrogens with zero attached hydrogens (tertiary/aromatic N) is 5. The van der Waals surface area contributed by atoms with E-state index in [4.69, 9.17) is 42.4 Å². The number of hydrogen-bond donors (Lipinski definition) is 11. The predicted molar refractivity (Wildman–Crippen MR) is 606 cm³/mol. The van der Waals surface area contributed by atoms with Crippen LogP contribution in [0.25, 0.3) is 54.5 Å². The number of nitrogens with one attached hydrogen (secondary N) is 9. The number of carboxylic acids is 1. The van der Waals surface area contributed by atoms with Gasteiger partial charge in [-0.05, 0) is 264 Å². The fourth-order valence-electron chi connectivity index (χ4n) is 15.5. The van der Waals surface area contributed by atoms with Gasteiger partial charge in [0.25, 0.3) is 0 Å². The normalized spacial score (nSPS) is 14.5. The fraction of sp³-hybridized carbons (Fsp3) is 0.417. The Bertz CT molecular complexity index is 6570. The molecular formula is C108H143Br5Cl2F3N15O16. The van der Waals surface area contributed by atoms with Gasteiger partial charge in [-0.25, -0.2) is 24.0 Å². The molecule has 0 saturated carbocycles. The van der Waals surface area contributed by atoms with Crippen molar-refractivity contribution in [1.82, 2.24) is 70.7 Å². The molecule has 12 N–H and O–H groups in total. The number of aromatic amines is 5. The highest BCUT2D eigenvalue weighted by atomic mass is 79.9. The number of rotatable bonds is 18.